The second kappa shape index (κ2) is 6.26. The summed E-state index contributed by atoms with van der Waals surface area (Å²) in [5, 5.41) is 15.6. The maximum atomic E-state index is 12.2. The molecule has 22 heavy (non-hydrogen) atoms. The highest BCUT2D eigenvalue weighted by Gasteiger charge is 2.42. The van der Waals surface area contributed by atoms with Crippen molar-refractivity contribution in [2.75, 3.05) is 12.4 Å². The van der Waals surface area contributed by atoms with E-state index in [2.05, 4.69) is 10.3 Å². The van der Waals surface area contributed by atoms with Crippen LogP contribution >= 0.6 is 11.8 Å². The van der Waals surface area contributed by atoms with Crippen LogP contribution in [0.25, 0.3) is 10.8 Å². The van der Waals surface area contributed by atoms with Gasteiger partial charge in [-0.1, -0.05) is 36.0 Å². The molecule has 0 bridgehead atoms. The van der Waals surface area contributed by atoms with E-state index in [9.17, 15) is 9.90 Å². The van der Waals surface area contributed by atoms with Gasteiger partial charge in [0.05, 0.1) is 17.9 Å². The van der Waals surface area contributed by atoms with Crippen LogP contribution in [-0.4, -0.2) is 33.9 Å². The minimum Gasteiger partial charge on any atom is -0.394 e. The Kier molecular flexibility index (Phi) is 4.36. The lowest BCUT2D eigenvalue weighted by molar-refractivity contribution is -0.121. The maximum Gasteiger partial charge on any atom is 0.230 e. The smallest absolute Gasteiger partial charge is 0.230 e. The molecule has 1 heterocycles. The molecule has 1 aliphatic carbocycles. The first-order valence-electron chi connectivity index (χ1n) is 7.51. The van der Waals surface area contributed by atoms with Gasteiger partial charge in [0.2, 0.25) is 5.91 Å². The molecule has 2 N–H and O–H groups in total. The number of amides is 1. The summed E-state index contributed by atoms with van der Waals surface area (Å²) in [5.41, 5.74) is -0.482. The van der Waals surface area contributed by atoms with E-state index < -0.39 is 5.54 Å². The summed E-state index contributed by atoms with van der Waals surface area (Å²) in [6, 6.07) is 9.99. The molecular weight excluding hydrogens is 296 g/mol. The lowest BCUT2D eigenvalue weighted by Crippen LogP contribution is -2.51. The molecule has 1 fully saturated rings. The van der Waals surface area contributed by atoms with Crippen molar-refractivity contribution in [2.24, 2.45) is 5.92 Å². The van der Waals surface area contributed by atoms with Crippen LogP contribution in [0.5, 0.6) is 0 Å². The second-order valence-electron chi connectivity index (χ2n) is 6.02. The average Bonchev–Trinajstić information content (AvgIpc) is 3.38. The van der Waals surface area contributed by atoms with Crippen LogP contribution in [0.15, 0.2) is 41.6 Å². The number of fused-ring (bicyclic) bond motifs is 1. The predicted molar refractivity (Wildman–Crippen MR) is 88.8 cm³/mol. The zero-order chi connectivity index (χ0) is 15.6. The number of hydrogen-bond acceptors (Lipinski definition) is 4. The van der Waals surface area contributed by atoms with Crippen molar-refractivity contribution in [1.29, 1.82) is 0 Å². The number of nitrogens with zero attached hydrogens (tertiary/aromatic N) is 1. The number of aliphatic hydroxyl groups is 1. The topological polar surface area (TPSA) is 62.2 Å². The first kappa shape index (κ1) is 15.3. The number of aliphatic hydroxyl groups excluding tert-OH is 1. The summed E-state index contributed by atoms with van der Waals surface area (Å²) in [4.78, 5) is 16.6. The van der Waals surface area contributed by atoms with Crippen LogP contribution < -0.4 is 5.32 Å². The zero-order valence-corrected chi connectivity index (χ0v) is 13.4. The van der Waals surface area contributed by atoms with Crippen molar-refractivity contribution in [2.45, 2.75) is 30.3 Å². The van der Waals surface area contributed by atoms with E-state index in [4.69, 9.17) is 0 Å². The Hall–Kier alpha value is -1.59. The quantitative estimate of drug-likeness (QED) is 0.804. The number of carbonyl (C=O) groups excluding carboxylic acids is 1. The first-order valence-corrected chi connectivity index (χ1v) is 8.49. The number of benzene rings is 1. The fourth-order valence-electron chi connectivity index (χ4n) is 2.69. The van der Waals surface area contributed by atoms with E-state index in [1.165, 1.54) is 11.8 Å². The minimum absolute atomic E-state index is 0.0133. The molecule has 1 saturated carbocycles. The number of nitrogens with one attached hydrogen (secondary N) is 1. The molecule has 3 rings (SSSR count). The number of pyridine rings is 1. The molecule has 5 heteroatoms. The van der Waals surface area contributed by atoms with E-state index in [1.807, 2.05) is 37.3 Å². The van der Waals surface area contributed by atoms with Crippen molar-refractivity contribution in [3.8, 4) is 0 Å². The number of carbonyl (C=O) groups is 1. The summed E-state index contributed by atoms with van der Waals surface area (Å²) in [5.74, 6) is 0.661. The summed E-state index contributed by atoms with van der Waals surface area (Å²) in [7, 11) is 0. The highest BCUT2D eigenvalue weighted by Crippen LogP contribution is 2.39. The Bertz CT molecular complexity index is 682. The van der Waals surface area contributed by atoms with Crippen molar-refractivity contribution in [3.05, 3.63) is 36.5 Å². The van der Waals surface area contributed by atoms with Crippen LogP contribution in [0.3, 0.4) is 0 Å². The summed E-state index contributed by atoms with van der Waals surface area (Å²) in [6.45, 7) is 1.91. The predicted octanol–water partition coefficient (Wildman–Crippen LogP) is 2.60. The van der Waals surface area contributed by atoms with E-state index in [1.54, 1.807) is 6.20 Å². The van der Waals surface area contributed by atoms with Crippen LogP contribution in [0, 0.1) is 5.92 Å². The molecule has 0 spiro atoms. The minimum atomic E-state index is -0.482. The SMILES string of the molecule is CC(CO)(NC(=O)CSc1nccc2ccccc12)C1CC1. The average molecular weight is 316 g/mol. The molecule has 1 aliphatic rings. The Labute approximate surface area is 134 Å². The summed E-state index contributed by atoms with van der Waals surface area (Å²) in [6.07, 6.45) is 3.93. The fourth-order valence-corrected chi connectivity index (χ4v) is 3.50. The van der Waals surface area contributed by atoms with Gasteiger partial charge in [-0.15, -0.1) is 0 Å². The highest BCUT2D eigenvalue weighted by molar-refractivity contribution is 8.00. The van der Waals surface area contributed by atoms with Gasteiger partial charge in [0.15, 0.2) is 0 Å². The van der Waals surface area contributed by atoms with Gasteiger partial charge in [0.1, 0.15) is 5.03 Å². The Morgan fingerprint density at radius 1 is 1.41 bits per heavy atom. The van der Waals surface area contributed by atoms with Crippen LogP contribution in [0.1, 0.15) is 19.8 Å². The van der Waals surface area contributed by atoms with Gasteiger partial charge in [-0.2, -0.15) is 0 Å². The molecule has 0 radical (unpaired) electrons. The lowest BCUT2D eigenvalue weighted by atomic mass is 9.97. The maximum absolute atomic E-state index is 12.2. The third-order valence-corrected chi connectivity index (χ3v) is 5.21. The number of aromatic nitrogens is 1. The monoisotopic (exact) mass is 316 g/mol. The first-order chi connectivity index (χ1) is 10.6. The Morgan fingerprint density at radius 2 is 2.18 bits per heavy atom. The van der Waals surface area contributed by atoms with Gasteiger partial charge in [0, 0.05) is 11.6 Å². The molecule has 0 aliphatic heterocycles. The molecule has 0 saturated heterocycles. The molecule has 1 unspecified atom stereocenters. The number of hydrogen-bond donors (Lipinski definition) is 2. The molecule has 1 aromatic heterocycles. The zero-order valence-electron chi connectivity index (χ0n) is 12.6. The fraction of sp³-hybridized carbons (Fsp3) is 0.412. The van der Waals surface area contributed by atoms with Crippen LogP contribution in [0.2, 0.25) is 0 Å². The lowest BCUT2D eigenvalue weighted by Gasteiger charge is -2.28. The van der Waals surface area contributed by atoms with Gasteiger partial charge in [-0.3, -0.25) is 4.79 Å². The Balaban J connectivity index is 1.65. The van der Waals surface area contributed by atoms with Gasteiger partial charge in [0.25, 0.3) is 0 Å². The third-order valence-electron chi connectivity index (χ3n) is 4.21. The number of rotatable bonds is 6. The summed E-state index contributed by atoms with van der Waals surface area (Å²) >= 11 is 1.44. The van der Waals surface area contributed by atoms with E-state index >= 15 is 0 Å². The van der Waals surface area contributed by atoms with E-state index in [0.29, 0.717) is 11.7 Å². The molecular formula is C17H20N2O2S. The summed E-state index contributed by atoms with van der Waals surface area (Å²) < 4.78 is 0. The van der Waals surface area contributed by atoms with Crippen molar-refractivity contribution < 1.29 is 9.90 Å². The van der Waals surface area contributed by atoms with Crippen molar-refractivity contribution in [3.63, 3.8) is 0 Å². The van der Waals surface area contributed by atoms with Crippen LogP contribution in [0.4, 0.5) is 0 Å². The second-order valence-corrected chi connectivity index (χ2v) is 6.99. The van der Waals surface area contributed by atoms with Gasteiger partial charge in [-0.05, 0) is 37.1 Å². The van der Waals surface area contributed by atoms with Crippen molar-refractivity contribution in [1.82, 2.24) is 10.3 Å². The van der Waals surface area contributed by atoms with Crippen molar-refractivity contribution >= 4 is 28.4 Å². The standard InChI is InChI=1S/C17H20N2O2S/c1-17(11-20,13-6-7-13)19-15(21)10-22-16-14-5-3-2-4-12(14)8-9-18-16/h2-5,8-9,13,20H,6-7,10-11H2,1H3,(H,19,21). The molecule has 1 atom stereocenters. The molecule has 1 aromatic carbocycles. The molecule has 1 amide bonds. The Morgan fingerprint density at radius 3 is 2.91 bits per heavy atom. The van der Waals surface area contributed by atoms with E-state index in [-0.39, 0.29) is 12.5 Å². The normalized spacial score (nSPS) is 17.2. The molecule has 2 aromatic rings. The van der Waals surface area contributed by atoms with E-state index in [0.717, 1.165) is 28.6 Å². The highest BCUT2D eigenvalue weighted by atomic mass is 32.2. The van der Waals surface area contributed by atoms with Gasteiger partial charge < -0.3 is 10.4 Å². The largest absolute Gasteiger partial charge is 0.394 e. The molecule has 116 valence electrons. The third kappa shape index (κ3) is 3.25. The van der Waals surface area contributed by atoms with Gasteiger partial charge in [-0.25, -0.2) is 4.98 Å². The van der Waals surface area contributed by atoms with Crippen LogP contribution in [-0.2, 0) is 4.79 Å². The number of thioether (sulfide) groups is 1. The molecule has 4 nitrogen and oxygen atoms in total. The van der Waals surface area contributed by atoms with Gasteiger partial charge >= 0.3 is 0 Å².